The Morgan fingerprint density at radius 1 is 1.37 bits per heavy atom. The van der Waals surface area contributed by atoms with Gasteiger partial charge in [-0.1, -0.05) is 19.0 Å². The molecule has 0 bridgehead atoms. The Balaban J connectivity index is 1.75. The van der Waals surface area contributed by atoms with E-state index in [4.69, 9.17) is 14.0 Å². The van der Waals surface area contributed by atoms with Crippen molar-refractivity contribution < 1.29 is 14.0 Å². The minimum atomic E-state index is -0.543. The molecule has 9 heteroatoms. The first-order valence-electron chi connectivity index (χ1n) is 10.2. The fourth-order valence-corrected chi connectivity index (χ4v) is 3.28. The van der Waals surface area contributed by atoms with E-state index < -0.39 is 11.2 Å². The van der Waals surface area contributed by atoms with Crippen LogP contribution in [0.15, 0.2) is 37.7 Å². The number of aromatic amines is 1. The number of oxime groups is 1. The van der Waals surface area contributed by atoms with Crippen molar-refractivity contribution in [2.75, 3.05) is 19.7 Å². The van der Waals surface area contributed by atoms with E-state index in [1.165, 1.54) is 6.07 Å². The molecule has 0 spiro atoms. The van der Waals surface area contributed by atoms with Crippen molar-refractivity contribution in [1.29, 1.82) is 0 Å². The van der Waals surface area contributed by atoms with Gasteiger partial charge in [-0.15, -0.1) is 0 Å². The van der Waals surface area contributed by atoms with E-state index in [2.05, 4.69) is 35.6 Å². The molecule has 1 N–H and O–H groups in total. The zero-order valence-electron chi connectivity index (χ0n) is 17.7. The number of rotatable bonds is 8. The second-order valence-electron chi connectivity index (χ2n) is 7.64. The molecule has 2 aromatic heterocycles. The lowest BCUT2D eigenvalue weighted by Gasteiger charge is -2.29. The summed E-state index contributed by atoms with van der Waals surface area (Å²) < 4.78 is 10.6. The highest BCUT2D eigenvalue weighted by Gasteiger charge is 2.18. The van der Waals surface area contributed by atoms with Gasteiger partial charge >= 0.3 is 11.6 Å². The van der Waals surface area contributed by atoms with Crippen molar-refractivity contribution >= 4 is 16.8 Å². The number of nitrogens with one attached hydrogen (secondary N) is 1. The van der Waals surface area contributed by atoms with Gasteiger partial charge in [0.2, 0.25) is 5.71 Å². The van der Waals surface area contributed by atoms with Crippen molar-refractivity contribution in [2.45, 2.75) is 46.5 Å². The van der Waals surface area contributed by atoms with Crippen LogP contribution >= 0.6 is 0 Å². The van der Waals surface area contributed by atoms with Gasteiger partial charge in [-0.25, -0.2) is 4.79 Å². The molecule has 3 rings (SSSR count). The number of hydrogen-bond donors (Lipinski definition) is 1. The second-order valence-corrected chi connectivity index (χ2v) is 7.64. The highest BCUT2D eigenvalue weighted by atomic mass is 16.6. The highest BCUT2D eigenvalue weighted by molar-refractivity contribution is 5.85. The maximum atomic E-state index is 12.6. The minimum Gasteiger partial charge on any atom is -0.480 e. The lowest BCUT2D eigenvalue weighted by Crippen LogP contribution is -2.34. The molecule has 0 atom stereocenters. The first-order valence-corrected chi connectivity index (χ1v) is 10.2. The predicted molar refractivity (Wildman–Crippen MR) is 114 cm³/mol. The van der Waals surface area contributed by atoms with Crippen LogP contribution in [0.1, 0.15) is 45.6 Å². The first kappa shape index (κ1) is 21.6. The molecule has 0 aliphatic carbocycles. The van der Waals surface area contributed by atoms with Gasteiger partial charge in [-0.2, -0.15) is 4.98 Å². The summed E-state index contributed by atoms with van der Waals surface area (Å²) in [5.74, 6) is 1.09. The lowest BCUT2D eigenvalue weighted by atomic mass is 10.0. The molecule has 1 saturated heterocycles. The van der Waals surface area contributed by atoms with E-state index in [0.717, 1.165) is 25.2 Å². The quantitative estimate of drug-likeness (QED) is 0.520. The van der Waals surface area contributed by atoms with Crippen molar-refractivity contribution in [2.24, 2.45) is 11.1 Å². The monoisotopic (exact) mass is 416 g/mol. The molecule has 1 aliphatic heterocycles. The van der Waals surface area contributed by atoms with Crippen LogP contribution in [0.4, 0.5) is 0 Å². The number of H-pyrrole nitrogens is 1. The number of fused-ring (bicyclic) bond motifs is 1. The number of hydrogen-bond acceptors (Lipinski definition) is 8. The van der Waals surface area contributed by atoms with E-state index in [0.29, 0.717) is 43.2 Å². The fourth-order valence-electron chi connectivity index (χ4n) is 3.28. The van der Waals surface area contributed by atoms with E-state index in [1.54, 1.807) is 0 Å². The third-order valence-electron chi connectivity index (χ3n) is 4.93. The standard InChI is InChI=1S/C21H28N4O5/c1-5-28-14(4)25-10-8-16(9-11-25)24-30-21-22-19(27)18-15(7-6-13(2)3)12-17(26)29-20(18)23-21/h12-13H,4-11H2,1-3H3,(H,22,23,27). The predicted octanol–water partition coefficient (Wildman–Crippen LogP) is 2.80. The molecule has 0 unspecified atom stereocenters. The Bertz CT molecular complexity index is 1040. The number of aryl methyl sites for hydroxylation is 1. The molecule has 162 valence electrons. The zero-order chi connectivity index (χ0) is 21.7. The van der Waals surface area contributed by atoms with Crippen LogP contribution in [0.5, 0.6) is 6.01 Å². The third-order valence-corrected chi connectivity index (χ3v) is 4.93. The minimum absolute atomic E-state index is 0.0389. The van der Waals surface area contributed by atoms with Gasteiger partial charge in [0.1, 0.15) is 5.39 Å². The van der Waals surface area contributed by atoms with Gasteiger partial charge in [0.15, 0.2) is 5.88 Å². The highest BCUT2D eigenvalue weighted by Crippen LogP contribution is 2.17. The van der Waals surface area contributed by atoms with E-state index >= 15 is 0 Å². The van der Waals surface area contributed by atoms with Gasteiger partial charge in [0.05, 0.1) is 12.3 Å². The Labute approximate surface area is 174 Å². The molecule has 1 fully saturated rings. The summed E-state index contributed by atoms with van der Waals surface area (Å²) in [5, 5.41) is 4.39. The van der Waals surface area contributed by atoms with Crippen molar-refractivity contribution in [3.63, 3.8) is 0 Å². The van der Waals surface area contributed by atoms with Crippen LogP contribution in [-0.4, -0.2) is 40.3 Å². The summed E-state index contributed by atoms with van der Waals surface area (Å²) in [7, 11) is 0. The van der Waals surface area contributed by atoms with Crippen LogP contribution in [0.25, 0.3) is 11.1 Å². The van der Waals surface area contributed by atoms with Gasteiger partial charge < -0.3 is 18.9 Å². The number of likely N-dealkylation sites (tertiary alicyclic amines) is 1. The number of piperidine rings is 1. The fraction of sp³-hybridized carbons (Fsp3) is 0.524. The Kier molecular flexibility index (Phi) is 6.91. The molecular formula is C21H28N4O5. The molecule has 0 radical (unpaired) electrons. The smallest absolute Gasteiger partial charge is 0.337 e. The lowest BCUT2D eigenvalue weighted by molar-refractivity contribution is 0.121. The molecular weight excluding hydrogens is 388 g/mol. The normalized spacial score (nSPS) is 14.3. The summed E-state index contributed by atoms with van der Waals surface area (Å²) in [6, 6.07) is 1.25. The van der Waals surface area contributed by atoms with Crippen LogP contribution in [0.2, 0.25) is 0 Å². The molecule has 0 saturated carbocycles. The molecule has 1 aliphatic rings. The molecule has 0 amide bonds. The van der Waals surface area contributed by atoms with E-state index in [-0.39, 0.29) is 17.1 Å². The molecule has 3 heterocycles. The third kappa shape index (κ3) is 5.28. The Hall–Kier alpha value is -3.10. The largest absolute Gasteiger partial charge is 0.480 e. The van der Waals surface area contributed by atoms with Crippen LogP contribution < -0.4 is 16.0 Å². The second kappa shape index (κ2) is 9.60. The van der Waals surface area contributed by atoms with Crippen molar-refractivity contribution in [3.05, 3.63) is 44.9 Å². The topological polar surface area (TPSA) is 110 Å². The molecule has 2 aromatic rings. The molecule has 30 heavy (non-hydrogen) atoms. The summed E-state index contributed by atoms with van der Waals surface area (Å²) in [6.07, 6.45) is 2.80. The van der Waals surface area contributed by atoms with Crippen LogP contribution in [0, 0.1) is 5.92 Å². The van der Waals surface area contributed by atoms with Gasteiger partial charge in [0, 0.05) is 32.0 Å². The van der Waals surface area contributed by atoms with Gasteiger partial charge in [-0.05, 0) is 37.8 Å². The summed E-state index contributed by atoms with van der Waals surface area (Å²) in [6.45, 7) is 12.0. The number of aromatic nitrogens is 2. The summed E-state index contributed by atoms with van der Waals surface area (Å²) in [4.78, 5) is 38.6. The van der Waals surface area contributed by atoms with Crippen molar-refractivity contribution in [1.82, 2.24) is 14.9 Å². The van der Waals surface area contributed by atoms with E-state index in [1.807, 2.05) is 11.8 Å². The number of ether oxygens (including phenoxy) is 1. The van der Waals surface area contributed by atoms with Gasteiger partial charge in [-0.3, -0.25) is 9.78 Å². The van der Waals surface area contributed by atoms with Crippen LogP contribution in [0.3, 0.4) is 0 Å². The summed E-state index contributed by atoms with van der Waals surface area (Å²) >= 11 is 0. The van der Waals surface area contributed by atoms with E-state index in [9.17, 15) is 9.59 Å². The average molecular weight is 416 g/mol. The Morgan fingerprint density at radius 2 is 2.10 bits per heavy atom. The van der Waals surface area contributed by atoms with Gasteiger partial charge in [0.25, 0.3) is 5.56 Å². The van der Waals surface area contributed by atoms with Crippen LogP contribution in [-0.2, 0) is 11.2 Å². The number of nitrogens with zero attached hydrogens (tertiary/aromatic N) is 3. The van der Waals surface area contributed by atoms with Crippen molar-refractivity contribution in [3.8, 4) is 6.01 Å². The zero-order valence-corrected chi connectivity index (χ0v) is 17.7. The first-order chi connectivity index (χ1) is 14.4. The maximum absolute atomic E-state index is 12.6. The average Bonchev–Trinajstić information content (AvgIpc) is 2.70. The summed E-state index contributed by atoms with van der Waals surface area (Å²) in [5.41, 5.74) is 0.469. The molecule has 0 aromatic carbocycles. The maximum Gasteiger partial charge on any atom is 0.337 e. The molecule has 9 nitrogen and oxygen atoms in total. The SMILES string of the molecule is C=C(OCC)N1CCC(=NOc2nc3oc(=O)cc(CCC(C)C)c3c(=O)[nH]2)CC1. The Morgan fingerprint density at radius 3 is 2.77 bits per heavy atom.